The molecule has 0 unspecified atom stereocenters. The molecule has 0 aliphatic carbocycles. The van der Waals surface area contributed by atoms with E-state index >= 15 is 0 Å². The van der Waals surface area contributed by atoms with Gasteiger partial charge in [0, 0.05) is 23.8 Å². The quantitative estimate of drug-likeness (QED) is 0.186. The summed E-state index contributed by atoms with van der Waals surface area (Å²) in [4.78, 5) is 20.7. The number of hydrogen-bond acceptors (Lipinski definition) is 8. The number of methoxy groups -OCH3 is 1. The van der Waals surface area contributed by atoms with Gasteiger partial charge in [-0.3, -0.25) is 25.7 Å². The summed E-state index contributed by atoms with van der Waals surface area (Å²) >= 11 is 0. The van der Waals surface area contributed by atoms with Gasteiger partial charge >= 0.3 is 0 Å². The number of hydrogen-bond donors (Lipinski definition) is 1. The van der Waals surface area contributed by atoms with Gasteiger partial charge in [-0.1, -0.05) is 30.3 Å². The molecule has 0 aliphatic rings. The fourth-order valence-electron chi connectivity index (χ4n) is 2.47. The molecular formula is C20H16N6O5. The van der Waals surface area contributed by atoms with Crippen molar-refractivity contribution in [2.45, 2.75) is 0 Å². The number of nitro groups is 2. The number of non-ortho nitro benzene ring substituents is 2. The molecule has 0 aliphatic heterocycles. The fraction of sp³-hybridized carbons (Fsp3) is 0.0500. The third-order valence-corrected chi connectivity index (χ3v) is 4.03. The highest BCUT2D eigenvalue weighted by Gasteiger charge is 2.12. The SMILES string of the molecule is COc1cc([N+](=O)[O-])ccc1/N=N/C(=N\Nc1ccc([N+](=O)[O-])cc1)c1ccccc1. The molecule has 0 heterocycles. The lowest BCUT2D eigenvalue weighted by atomic mass is 10.2. The number of nitrogens with one attached hydrogen (secondary N) is 1. The second-order valence-corrected chi connectivity index (χ2v) is 6.03. The summed E-state index contributed by atoms with van der Waals surface area (Å²) in [5, 5.41) is 34.2. The van der Waals surface area contributed by atoms with E-state index in [1.807, 2.05) is 6.07 Å². The predicted octanol–water partition coefficient (Wildman–Crippen LogP) is 5.07. The molecular weight excluding hydrogens is 404 g/mol. The van der Waals surface area contributed by atoms with Gasteiger partial charge in [0.05, 0.1) is 28.7 Å². The summed E-state index contributed by atoms with van der Waals surface area (Å²) in [5.74, 6) is 0.410. The first-order valence-corrected chi connectivity index (χ1v) is 8.85. The molecule has 3 rings (SSSR count). The molecule has 1 N–H and O–H groups in total. The maximum Gasteiger partial charge on any atom is 0.273 e. The second kappa shape index (κ2) is 9.69. The van der Waals surface area contributed by atoms with Crippen LogP contribution in [0.4, 0.5) is 22.7 Å². The summed E-state index contributed by atoms with van der Waals surface area (Å²) in [6.45, 7) is 0. The van der Waals surface area contributed by atoms with Crippen LogP contribution >= 0.6 is 0 Å². The van der Waals surface area contributed by atoms with Gasteiger partial charge in [-0.25, -0.2) is 0 Å². The van der Waals surface area contributed by atoms with Crippen LogP contribution < -0.4 is 10.2 Å². The molecule has 11 heteroatoms. The molecule has 0 spiro atoms. The van der Waals surface area contributed by atoms with E-state index < -0.39 is 9.85 Å². The number of ether oxygens (including phenoxy) is 1. The van der Waals surface area contributed by atoms with Crippen LogP contribution in [0.5, 0.6) is 5.75 Å². The van der Waals surface area contributed by atoms with Gasteiger partial charge in [0.15, 0.2) is 5.75 Å². The van der Waals surface area contributed by atoms with Gasteiger partial charge in [0.2, 0.25) is 5.84 Å². The van der Waals surface area contributed by atoms with Crippen molar-refractivity contribution in [3.05, 3.63) is 98.6 Å². The van der Waals surface area contributed by atoms with Crippen molar-refractivity contribution >= 4 is 28.6 Å². The highest BCUT2D eigenvalue weighted by molar-refractivity contribution is 5.99. The van der Waals surface area contributed by atoms with E-state index in [1.54, 1.807) is 24.3 Å². The Balaban J connectivity index is 1.90. The van der Waals surface area contributed by atoms with Crippen molar-refractivity contribution < 1.29 is 14.6 Å². The summed E-state index contributed by atoms with van der Waals surface area (Å²) in [5.41, 5.74) is 4.07. The van der Waals surface area contributed by atoms with E-state index in [2.05, 4.69) is 20.8 Å². The zero-order valence-corrected chi connectivity index (χ0v) is 16.2. The Morgan fingerprint density at radius 3 is 2.16 bits per heavy atom. The summed E-state index contributed by atoms with van der Waals surface area (Å²) in [6, 6.07) is 18.7. The smallest absolute Gasteiger partial charge is 0.273 e. The summed E-state index contributed by atoms with van der Waals surface area (Å²) < 4.78 is 5.17. The molecule has 0 saturated heterocycles. The zero-order valence-electron chi connectivity index (χ0n) is 16.2. The summed E-state index contributed by atoms with van der Waals surface area (Å²) in [7, 11) is 1.38. The Hall–Kier alpha value is -4.67. The van der Waals surface area contributed by atoms with Crippen LogP contribution in [0.1, 0.15) is 5.56 Å². The van der Waals surface area contributed by atoms with E-state index in [0.29, 0.717) is 11.3 Å². The number of azo groups is 1. The fourth-order valence-corrected chi connectivity index (χ4v) is 2.47. The lowest BCUT2D eigenvalue weighted by Gasteiger charge is -2.05. The lowest BCUT2D eigenvalue weighted by Crippen LogP contribution is -2.01. The van der Waals surface area contributed by atoms with Crippen molar-refractivity contribution in [3.8, 4) is 5.75 Å². The standard InChI is InChI=1S/C20H16N6O5/c1-31-19-13-17(26(29)30)11-12-18(19)22-24-20(14-5-3-2-4-6-14)23-21-15-7-9-16(10-8-15)25(27)28/h2-13,21H,1H3/b23-20-,24-22+. The van der Waals surface area contributed by atoms with Crippen molar-refractivity contribution in [3.63, 3.8) is 0 Å². The third-order valence-electron chi connectivity index (χ3n) is 4.03. The Kier molecular flexibility index (Phi) is 6.58. The van der Waals surface area contributed by atoms with Crippen LogP contribution in [0, 0.1) is 20.2 Å². The average Bonchev–Trinajstić information content (AvgIpc) is 2.79. The molecule has 3 aromatic carbocycles. The molecule has 0 aromatic heterocycles. The number of hydrazone groups is 1. The van der Waals surface area contributed by atoms with Gasteiger partial charge in [0.25, 0.3) is 11.4 Å². The van der Waals surface area contributed by atoms with Crippen LogP contribution in [-0.4, -0.2) is 22.8 Å². The maximum atomic E-state index is 10.9. The van der Waals surface area contributed by atoms with Crippen LogP contribution in [0.15, 0.2) is 88.1 Å². The number of rotatable bonds is 7. The number of benzene rings is 3. The highest BCUT2D eigenvalue weighted by Crippen LogP contribution is 2.31. The van der Waals surface area contributed by atoms with E-state index in [-0.39, 0.29) is 28.6 Å². The molecule has 0 radical (unpaired) electrons. The molecule has 11 nitrogen and oxygen atoms in total. The van der Waals surface area contributed by atoms with Crippen LogP contribution in [0.25, 0.3) is 0 Å². The topological polar surface area (TPSA) is 145 Å². The normalized spacial score (nSPS) is 11.3. The lowest BCUT2D eigenvalue weighted by molar-refractivity contribution is -0.385. The molecule has 0 amide bonds. The monoisotopic (exact) mass is 420 g/mol. The highest BCUT2D eigenvalue weighted by atomic mass is 16.6. The van der Waals surface area contributed by atoms with E-state index in [0.717, 1.165) is 0 Å². The van der Waals surface area contributed by atoms with E-state index in [4.69, 9.17) is 4.74 Å². The van der Waals surface area contributed by atoms with Gasteiger partial charge in [0.1, 0.15) is 5.69 Å². The maximum absolute atomic E-state index is 10.9. The van der Waals surface area contributed by atoms with Crippen LogP contribution in [0.3, 0.4) is 0 Å². The predicted molar refractivity (Wildman–Crippen MR) is 114 cm³/mol. The number of amidine groups is 1. The molecule has 31 heavy (non-hydrogen) atoms. The van der Waals surface area contributed by atoms with Crippen molar-refractivity contribution in [2.24, 2.45) is 15.3 Å². The largest absolute Gasteiger partial charge is 0.494 e. The third kappa shape index (κ3) is 5.44. The Morgan fingerprint density at radius 1 is 0.903 bits per heavy atom. The van der Waals surface area contributed by atoms with E-state index in [9.17, 15) is 20.2 Å². The van der Waals surface area contributed by atoms with Gasteiger partial charge in [-0.05, 0) is 18.2 Å². The number of nitro benzene ring substituents is 2. The Morgan fingerprint density at radius 2 is 1.55 bits per heavy atom. The Bertz CT molecular complexity index is 1150. The minimum absolute atomic E-state index is 0.0391. The molecule has 0 fully saturated rings. The molecule has 0 bridgehead atoms. The van der Waals surface area contributed by atoms with Crippen LogP contribution in [-0.2, 0) is 0 Å². The van der Waals surface area contributed by atoms with Gasteiger partial charge < -0.3 is 4.74 Å². The molecule has 0 atom stereocenters. The number of nitrogens with zero attached hydrogens (tertiary/aromatic N) is 5. The zero-order chi connectivity index (χ0) is 22.2. The average molecular weight is 420 g/mol. The van der Waals surface area contributed by atoms with Gasteiger partial charge in [-0.2, -0.15) is 5.10 Å². The van der Waals surface area contributed by atoms with Crippen molar-refractivity contribution in [1.29, 1.82) is 0 Å². The molecule has 156 valence electrons. The Labute approximate surface area is 176 Å². The first-order chi connectivity index (χ1) is 15.0. The van der Waals surface area contributed by atoms with E-state index in [1.165, 1.54) is 49.6 Å². The second-order valence-electron chi connectivity index (χ2n) is 6.03. The minimum atomic E-state index is -0.533. The molecule has 3 aromatic rings. The minimum Gasteiger partial charge on any atom is -0.494 e. The molecule has 0 saturated carbocycles. The van der Waals surface area contributed by atoms with Crippen molar-refractivity contribution in [2.75, 3.05) is 12.5 Å². The van der Waals surface area contributed by atoms with Gasteiger partial charge in [-0.15, -0.1) is 10.2 Å². The first-order valence-electron chi connectivity index (χ1n) is 8.85. The first kappa shape index (κ1) is 21.0. The number of anilines is 1. The van der Waals surface area contributed by atoms with Crippen LogP contribution in [0.2, 0.25) is 0 Å². The van der Waals surface area contributed by atoms with Crippen molar-refractivity contribution in [1.82, 2.24) is 0 Å². The summed E-state index contributed by atoms with van der Waals surface area (Å²) in [6.07, 6.45) is 0.